The molecular weight excluding hydrogens is 434 g/mol. The van der Waals surface area contributed by atoms with E-state index in [2.05, 4.69) is 14.7 Å². The zero-order valence-electron chi connectivity index (χ0n) is 13.7. The van der Waals surface area contributed by atoms with Gasteiger partial charge in [-0.1, -0.05) is 34.8 Å². The van der Waals surface area contributed by atoms with Crippen LogP contribution in [-0.2, 0) is 16.7 Å². The largest absolute Gasteiger partial charge is 0.416 e. The van der Waals surface area contributed by atoms with Crippen LogP contribution in [0.5, 0.6) is 5.88 Å². The third-order valence-corrected chi connectivity index (χ3v) is 4.12. The first kappa shape index (κ1) is 21.4. The van der Waals surface area contributed by atoms with Crippen molar-refractivity contribution < 1.29 is 27.5 Å². The van der Waals surface area contributed by atoms with Crippen LogP contribution < -0.4 is 10.2 Å². The van der Waals surface area contributed by atoms with Crippen molar-refractivity contribution in [2.75, 3.05) is 7.11 Å². The van der Waals surface area contributed by atoms with Crippen LogP contribution in [0.1, 0.15) is 5.56 Å². The van der Waals surface area contributed by atoms with E-state index in [1.807, 2.05) is 5.48 Å². The molecule has 0 atom stereocenters. The first-order valence-corrected chi connectivity index (χ1v) is 8.16. The minimum absolute atomic E-state index is 0.0595. The van der Waals surface area contributed by atoms with Crippen molar-refractivity contribution in [2.45, 2.75) is 6.61 Å². The van der Waals surface area contributed by atoms with E-state index in [0.29, 0.717) is 0 Å². The summed E-state index contributed by atoms with van der Waals surface area (Å²) >= 11 is 17.8. The van der Waals surface area contributed by atoms with Crippen LogP contribution in [0.15, 0.2) is 17.2 Å². The van der Waals surface area contributed by atoms with Gasteiger partial charge in [0.2, 0.25) is 5.88 Å². The first-order valence-electron chi connectivity index (χ1n) is 7.03. The van der Waals surface area contributed by atoms with Gasteiger partial charge >= 0.3 is 6.61 Å². The number of nitrogens with one attached hydrogen (secondary N) is 1. The maximum absolute atomic E-state index is 14.4. The molecule has 1 aromatic heterocycles. The fourth-order valence-electron chi connectivity index (χ4n) is 2.07. The van der Waals surface area contributed by atoms with Crippen molar-refractivity contribution in [1.82, 2.24) is 15.3 Å². The van der Waals surface area contributed by atoms with Crippen LogP contribution >= 0.6 is 34.8 Å². The van der Waals surface area contributed by atoms with E-state index in [0.717, 1.165) is 16.8 Å². The van der Waals surface area contributed by atoms with Crippen LogP contribution in [0.4, 0.5) is 13.2 Å². The lowest BCUT2D eigenvalue weighted by molar-refractivity contribution is -0.126. The SMILES string of the molecule is CONC(=O)/C(Cl)=C/c1cc(-c2nn(C)c(OC(F)F)c2Cl)c(F)cc1Cl. The Morgan fingerprint density at radius 2 is 2.04 bits per heavy atom. The number of alkyl halides is 2. The standard InChI is InChI=1S/C15H11Cl3F3N3O3/c1-24-14(27-15(20)21)11(18)12(22-24)7-3-6(8(16)5-10(7)19)4-9(17)13(25)23-26-2/h3-5,15H,1-2H3,(H,23,25)/b9-4-. The summed E-state index contributed by atoms with van der Waals surface area (Å²) in [5, 5.41) is 3.22. The fraction of sp³-hybridized carbons (Fsp3) is 0.200. The molecule has 2 rings (SSSR count). The second kappa shape index (κ2) is 8.83. The number of aryl methyl sites for hydroxylation is 1. The molecule has 6 nitrogen and oxygen atoms in total. The molecule has 0 spiro atoms. The summed E-state index contributed by atoms with van der Waals surface area (Å²) in [7, 11) is 2.51. The number of nitrogens with zero attached hydrogens (tertiary/aromatic N) is 2. The van der Waals surface area contributed by atoms with Gasteiger partial charge in [-0.25, -0.2) is 14.6 Å². The fourth-order valence-corrected chi connectivity index (χ4v) is 2.74. The molecule has 0 radical (unpaired) electrons. The molecule has 27 heavy (non-hydrogen) atoms. The summed E-state index contributed by atoms with van der Waals surface area (Å²) < 4.78 is 44.6. The topological polar surface area (TPSA) is 65.4 Å². The number of hydroxylamine groups is 1. The number of amides is 1. The minimum atomic E-state index is -3.14. The van der Waals surface area contributed by atoms with Crippen LogP contribution in [0.25, 0.3) is 17.3 Å². The highest BCUT2D eigenvalue weighted by molar-refractivity contribution is 6.44. The number of ether oxygens (including phenoxy) is 1. The summed E-state index contributed by atoms with van der Waals surface area (Å²) in [4.78, 5) is 16.1. The molecule has 0 bridgehead atoms. The highest BCUT2D eigenvalue weighted by Crippen LogP contribution is 2.38. The molecular formula is C15H11Cl3F3N3O3. The average molecular weight is 445 g/mol. The molecule has 0 saturated carbocycles. The van der Waals surface area contributed by atoms with Crippen molar-refractivity contribution in [1.29, 1.82) is 0 Å². The maximum Gasteiger partial charge on any atom is 0.388 e. The van der Waals surface area contributed by atoms with E-state index < -0.39 is 24.2 Å². The number of hydrogen-bond acceptors (Lipinski definition) is 4. The number of halogens is 6. The van der Waals surface area contributed by atoms with Gasteiger partial charge in [-0.2, -0.15) is 13.9 Å². The van der Waals surface area contributed by atoms with Gasteiger partial charge in [0.25, 0.3) is 5.91 Å². The molecule has 1 N–H and O–H groups in total. The quantitative estimate of drug-likeness (QED) is 0.530. The van der Waals surface area contributed by atoms with Gasteiger partial charge in [0, 0.05) is 12.6 Å². The van der Waals surface area contributed by atoms with Gasteiger partial charge in [-0.15, -0.1) is 0 Å². The van der Waals surface area contributed by atoms with Crippen molar-refractivity contribution >= 4 is 46.8 Å². The van der Waals surface area contributed by atoms with Crippen molar-refractivity contribution in [2.24, 2.45) is 7.05 Å². The smallest absolute Gasteiger partial charge is 0.388 e. The Balaban J connectivity index is 2.54. The van der Waals surface area contributed by atoms with E-state index >= 15 is 0 Å². The van der Waals surface area contributed by atoms with Crippen LogP contribution in [0.3, 0.4) is 0 Å². The van der Waals surface area contributed by atoms with E-state index in [1.54, 1.807) is 0 Å². The Bertz CT molecular complexity index is 903. The van der Waals surface area contributed by atoms with Gasteiger partial charge < -0.3 is 4.74 Å². The van der Waals surface area contributed by atoms with Crippen LogP contribution in [0.2, 0.25) is 10.0 Å². The third kappa shape index (κ3) is 4.86. The Hall–Kier alpha value is -1.94. The number of aromatic nitrogens is 2. The van der Waals surface area contributed by atoms with Gasteiger partial charge in [-0.05, 0) is 23.8 Å². The molecule has 0 saturated heterocycles. The van der Waals surface area contributed by atoms with E-state index in [-0.39, 0.29) is 31.9 Å². The lowest BCUT2D eigenvalue weighted by Crippen LogP contribution is -2.21. The minimum Gasteiger partial charge on any atom is -0.416 e. The molecule has 1 aromatic carbocycles. The second-order valence-electron chi connectivity index (χ2n) is 4.95. The lowest BCUT2D eigenvalue weighted by Gasteiger charge is -2.07. The molecule has 0 fully saturated rings. The predicted molar refractivity (Wildman–Crippen MR) is 94.2 cm³/mol. The number of carbonyl (C=O) groups excluding carboxylic acids is 1. The zero-order chi connectivity index (χ0) is 20.3. The highest BCUT2D eigenvalue weighted by atomic mass is 35.5. The van der Waals surface area contributed by atoms with Crippen LogP contribution in [0, 0.1) is 5.82 Å². The molecule has 1 heterocycles. The summed E-state index contributed by atoms with van der Waals surface area (Å²) in [6.45, 7) is -3.14. The Labute approximate surface area is 166 Å². The molecule has 0 aliphatic heterocycles. The zero-order valence-corrected chi connectivity index (χ0v) is 16.0. The Kier molecular flexibility index (Phi) is 6.99. The average Bonchev–Trinajstić information content (AvgIpc) is 2.85. The van der Waals surface area contributed by atoms with E-state index in [4.69, 9.17) is 34.8 Å². The first-order chi connectivity index (χ1) is 12.6. The second-order valence-corrected chi connectivity index (χ2v) is 6.14. The monoisotopic (exact) mass is 443 g/mol. The summed E-state index contributed by atoms with van der Waals surface area (Å²) in [5.41, 5.74) is 1.84. The maximum atomic E-state index is 14.4. The number of rotatable bonds is 6. The summed E-state index contributed by atoms with van der Waals surface area (Å²) in [5.74, 6) is -2.02. The molecule has 12 heteroatoms. The number of carbonyl (C=O) groups is 1. The molecule has 1 amide bonds. The molecule has 0 aliphatic carbocycles. The van der Waals surface area contributed by atoms with Crippen molar-refractivity contribution in [3.63, 3.8) is 0 Å². The highest BCUT2D eigenvalue weighted by Gasteiger charge is 2.23. The number of benzene rings is 1. The van der Waals surface area contributed by atoms with Crippen LogP contribution in [-0.4, -0.2) is 29.4 Å². The number of hydrogen-bond donors (Lipinski definition) is 1. The van der Waals surface area contributed by atoms with Crippen molar-refractivity contribution in [3.8, 4) is 17.1 Å². The lowest BCUT2D eigenvalue weighted by atomic mass is 10.1. The van der Waals surface area contributed by atoms with Gasteiger partial charge in [0.1, 0.15) is 21.6 Å². The van der Waals surface area contributed by atoms with Gasteiger partial charge in [0.15, 0.2) is 0 Å². The normalized spacial score (nSPS) is 11.8. The molecule has 146 valence electrons. The Morgan fingerprint density at radius 1 is 1.37 bits per heavy atom. The van der Waals surface area contributed by atoms with Crippen molar-refractivity contribution in [3.05, 3.63) is 38.6 Å². The molecule has 0 aliphatic rings. The van der Waals surface area contributed by atoms with Gasteiger partial charge in [-0.3, -0.25) is 9.63 Å². The van der Waals surface area contributed by atoms with E-state index in [9.17, 15) is 18.0 Å². The molecule has 2 aromatic rings. The molecule has 0 unspecified atom stereocenters. The summed E-state index contributed by atoms with van der Waals surface area (Å²) in [6.07, 6.45) is 1.16. The Morgan fingerprint density at radius 3 is 2.63 bits per heavy atom. The van der Waals surface area contributed by atoms with Gasteiger partial charge in [0.05, 0.1) is 12.1 Å². The predicted octanol–water partition coefficient (Wildman–Crippen LogP) is 4.39. The van der Waals surface area contributed by atoms with E-state index in [1.165, 1.54) is 20.2 Å². The summed E-state index contributed by atoms with van der Waals surface area (Å²) in [6, 6.07) is 2.15. The third-order valence-electron chi connectivity index (χ3n) is 3.18.